The van der Waals surface area contributed by atoms with Crippen molar-refractivity contribution in [3.63, 3.8) is 0 Å². The van der Waals surface area contributed by atoms with Crippen molar-refractivity contribution in [2.24, 2.45) is 0 Å². The van der Waals surface area contributed by atoms with E-state index < -0.39 is 0 Å². The van der Waals surface area contributed by atoms with Gasteiger partial charge in [-0.25, -0.2) is 4.98 Å². The molecule has 0 aliphatic heterocycles. The molecule has 5 heteroatoms. The number of nitrogens with zero attached hydrogens (tertiary/aromatic N) is 4. The van der Waals surface area contributed by atoms with Crippen LogP contribution in [0.25, 0.3) is 105 Å². The number of aromatic nitrogens is 4. The van der Waals surface area contributed by atoms with Crippen LogP contribution in [-0.2, 0) is 0 Å². The molecule has 0 saturated heterocycles. The molecule has 0 amide bonds. The lowest BCUT2D eigenvalue weighted by molar-refractivity contribution is 0.669. The fraction of sp³-hybridized carbons (Fsp3) is 0. The second kappa shape index (κ2) is 11.2. The quantitative estimate of drug-likeness (QED) is 0.188. The van der Waals surface area contributed by atoms with Crippen LogP contribution in [0.5, 0.6) is 0 Å². The van der Waals surface area contributed by atoms with Gasteiger partial charge in [0.25, 0.3) is 0 Å². The lowest BCUT2D eigenvalue weighted by atomic mass is 10.00. The van der Waals surface area contributed by atoms with Crippen molar-refractivity contribution in [1.82, 2.24) is 19.5 Å². The monoisotopic (exact) mass is 664 g/mol. The molecule has 242 valence electrons. The van der Waals surface area contributed by atoms with E-state index in [0.29, 0.717) is 17.6 Å². The van der Waals surface area contributed by atoms with Gasteiger partial charge >= 0.3 is 0 Å². The summed E-state index contributed by atoms with van der Waals surface area (Å²) in [5.74, 6) is 1.69. The Morgan fingerprint density at radius 1 is 0.404 bits per heavy atom. The van der Waals surface area contributed by atoms with Gasteiger partial charge in [0.2, 0.25) is 5.95 Å². The summed E-state index contributed by atoms with van der Waals surface area (Å²) in [5.41, 5.74) is 7.70. The summed E-state index contributed by atoms with van der Waals surface area (Å²) < 4.78 is 8.85. The molecule has 0 spiro atoms. The number of fused-ring (bicyclic) bond motifs is 10. The van der Waals surface area contributed by atoms with Gasteiger partial charge < -0.3 is 4.42 Å². The van der Waals surface area contributed by atoms with Gasteiger partial charge in [-0.3, -0.25) is 4.57 Å². The topological polar surface area (TPSA) is 56.7 Å². The molecule has 11 rings (SSSR count). The van der Waals surface area contributed by atoms with Crippen LogP contribution in [0.3, 0.4) is 0 Å². The average Bonchev–Trinajstić information content (AvgIpc) is 3.77. The van der Waals surface area contributed by atoms with E-state index in [1.807, 2.05) is 42.5 Å². The van der Waals surface area contributed by atoms with Gasteiger partial charge in [-0.05, 0) is 63.0 Å². The van der Waals surface area contributed by atoms with Gasteiger partial charge in [-0.2, -0.15) is 9.97 Å². The highest BCUT2D eigenvalue weighted by Crippen LogP contribution is 2.42. The van der Waals surface area contributed by atoms with E-state index in [-0.39, 0.29) is 0 Å². The molecular formula is C47H28N4O. The summed E-state index contributed by atoms with van der Waals surface area (Å²) in [6, 6.07) is 59.1. The molecule has 0 N–H and O–H groups in total. The Hall–Kier alpha value is -7.11. The molecule has 0 aliphatic carbocycles. The van der Waals surface area contributed by atoms with E-state index in [2.05, 4.69) is 132 Å². The van der Waals surface area contributed by atoms with Gasteiger partial charge in [0.05, 0.1) is 16.6 Å². The Labute approximate surface area is 298 Å². The molecule has 11 aromatic rings. The Bertz CT molecular complexity index is 3180. The van der Waals surface area contributed by atoms with E-state index in [0.717, 1.165) is 65.8 Å². The summed E-state index contributed by atoms with van der Waals surface area (Å²) in [7, 11) is 0. The van der Waals surface area contributed by atoms with Crippen molar-refractivity contribution in [2.75, 3.05) is 0 Å². The van der Waals surface area contributed by atoms with Crippen LogP contribution in [0.4, 0.5) is 0 Å². The maximum Gasteiger partial charge on any atom is 0.238 e. The first kappa shape index (κ1) is 28.7. The zero-order valence-electron chi connectivity index (χ0n) is 27.9. The fourth-order valence-electron chi connectivity index (χ4n) is 7.86. The molecule has 0 fully saturated rings. The van der Waals surface area contributed by atoms with Crippen LogP contribution < -0.4 is 0 Å². The van der Waals surface area contributed by atoms with Crippen molar-refractivity contribution < 1.29 is 4.42 Å². The number of hydrogen-bond acceptors (Lipinski definition) is 4. The van der Waals surface area contributed by atoms with Crippen LogP contribution in [-0.4, -0.2) is 19.5 Å². The third-order valence-corrected chi connectivity index (χ3v) is 10.2. The molecule has 3 heterocycles. The van der Waals surface area contributed by atoms with Crippen LogP contribution in [0, 0.1) is 0 Å². The molecule has 0 saturated carbocycles. The molecule has 0 aliphatic rings. The second-order valence-electron chi connectivity index (χ2n) is 13.2. The van der Waals surface area contributed by atoms with Gasteiger partial charge in [-0.15, -0.1) is 0 Å². The number of furan rings is 1. The molecule has 0 bridgehead atoms. The summed E-state index contributed by atoms with van der Waals surface area (Å²) in [6.07, 6.45) is 0. The number of benzene rings is 8. The maximum absolute atomic E-state index is 6.66. The third kappa shape index (κ3) is 4.33. The highest BCUT2D eigenvalue weighted by atomic mass is 16.3. The molecule has 8 aromatic carbocycles. The molecular weight excluding hydrogens is 637 g/mol. The number of para-hydroxylation sites is 1. The van der Waals surface area contributed by atoms with Gasteiger partial charge in [0, 0.05) is 27.1 Å². The third-order valence-electron chi connectivity index (χ3n) is 10.2. The zero-order valence-corrected chi connectivity index (χ0v) is 27.9. The lowest BCUT2D eigenvalue weighted by Crippen LogP contribution is -2.06. The predicted molar refractivity (Wildman–Crippen MR) is 213 cm³/mol. The van der Waals surface area contributed by atoms with Crippen LogP contribution in [0.1, 0.15) is 0 Å². The summed E-state index contributed by atoms with van der Waals surface area (Å²) in [6.45, 7) is 0. The predicted octanol–water partition coefficient (Wildman–Crippen LogP) is 12.2. The molecule has 52 heavy (non-hydrogen) atoms. The minimum Gasteiger partial charge on any atom is -0.455 e. The zero-order chi connectivity index (χ0) is 34.2. The number of hydrogen-bond donors (Lipinski definition) is 0. The number of rotatable bonds is 4. The van der Waals surface area contributed by atoms with Crippen LogP contribution in [0.2, 0.25) is 0 Å². The molecule has 0 unspecified atom stereocenters. The minimum absolute atomic E-state index is 0.545. The molecule has 5 nitrogen and oxygen atoms in total. The molecule has 0 atom stereocenters. The first-order chi connectivity index (χ1) is 25.8. The van der Waals surface area contributed by atoms with E-state index in [1.165, 1.54) is 21.7 Å². The van der Waals surface area contributed by atoms with Gasteiger partial charge in [0.1, 0.15) is 11.2 Å². The van der Waals surface area contributed by atoms with Gasteiger partial charge in [0.15, 0.2) is 11.6 Å². The average molecular weight is 665 g/mol. The second-order valence-corrected chi connectivity index (χ2v) is 13.2. The van der Waals surface area contributed by atoms with Crippen molar-refractivity contribution in [3.05, 3.63) is 170 Å². The normalized spacial score (nSPS) is 11.8. The Morgan fingerprint density at radius 2 is 1.04 bits per heavy atom. The van der Waals surface area contributed by atoms with E-state index >= 15 is 0 Å². The minimum atomic E-state index is 0.545. The summed E-state index contributed by atoms with van der Waals surface area (Å²) >= 11 is 0. The van der Waals surface area contributed by atoms with Crippen LogP contribution in [0.15, 0.2) is 174 Å². The van der Waals surface area contributed by atoms with Crippen molar-refractivity contribution in [1.29, 1.82) is 0 Å². The van der Waals surface area contributed by atoms with Crippen LogP contribution >= 0.6 is 0 Å². The van der Waals surface area contributed by atoms with Crippen molar-refractivity contribution in [3.8, 4) is 39.9 Å². The Balaban J connectivity index is 1.26. The van der Waals surface area contributed by atoms with Crippen molar-refractivity contribution >= 4 is 65.3 Å². The largest absolute Gasteiger partial charge is 0.455 e. The highest BCUT2D eigenvalue weighted by molar-refractivity contribution is 6.23. The SMILES string of the molecule is c1ccc(-c2ccc3c(c2)c2c4ccccc4ccc2n3-c2nc(-c3ccccc3)nc(-c3cc4ccccc4c4c3oc3ccccc34)n2)cc1. The standard InChI is InChI=1S/C47H28N4O/c1-3-13-29(14-4-1)32-24-25-39-37(27-32)42-34-19-9-7-15-30(34)23-26-40(42)51(39)47-49-45(31-16-5-2-6-17-31)48-46(50-47)38-28-33-18-8-10-20-35(33)43-36-21-11-12-22-41(36)52-44(38)43/h1-28H. The summed E-state index contributed by atoms with van der Waals surface area (Å²) in [4.78, 5) is 15.7. The van der Waals surface area contributed by atoms with E-state index in [4.69, 9.17) is 19.4 Å². The van der Waals surface area contributed by atoms with E-state index in [9.17, 15) is 0 Å². The Morgan fingerprint density at radius 3 is 1.85 bits per heavy atom. The first-order valence-corrected chi connectivity index (χ1v) is 17.5. The Kier molecular flexibility index (Phi) is 6.18. The smallest absolute Gasteiger partial charge is 0.238 e. The maximum atomic E-state index is 6.66. The highest BCUT2D eigenvalue weighted by Gasteiger charge is 2.23. The van der Waals surface area contributed by atoms with Gasteiger partial charge in [-0.1, -0.05) is 140 Å². The summed E-state index contributed by atoms with van der Waals surface area (Å²) in [5, 5.41) is 9.03. The first-order valence-electron chi connectivity index (χ1n) is 17.5. The van der Waals surface area contributed by atoms with E-state index in [1.54, 1.807) is 0 Å². The fourth-order valence-corrected chi connectivity index (χ4v) is 7.86. The van der Waals surface area contributed by atoms with Crippen molar-refractivity contribution in [2.45, 2.75) is 0 Å². The lowest BCUT2D eigenvalue weighted by Gasteiger charge is -2.12. The molecule has 0 radical (unpaired) electrons. The molecule has 3 aromatic heterocycles.